The van der Waals surface area contributed by atoms with Crippen LogP contribution in [0.1, 0.15) is 24.4 Å². The molecule has 3 rings (SSSR count). The molecule has 1 aliphatic rings. The number of sulfonamides is 1. The Labute approximate surface area is 151 Å². The Balaban J connectivity index is 1.76. The molecule has 1 fully saturated rings. The van der Waals surface area contributed by atoms with Crippen molar-refractivity contribution in [2.24, 2.45) is 0 Å². The standard InChI is InChI=1S/C17H21FN2O3S2/c1-23-17-5-4-14(10-15(17)18)25(21,22)19-11-16(13-6-9-24-12-13)20-7-2-3-8-20/h4-6,9-10,12,16,19H,2-3,7-8,11H2,1H3/t16-/m1/s1. The predicted molar refractivity (Wildman–Crippen MR) is 96.0 cm³/mol. The summed E-state index contributed by atoms with van der Waals surface area (Å²) in [5.74, 6) is -0.675. The van der Waals surface area contributed by atoms with Crippen molar-refractivity contribution in [1.82, 2.24) is 9.62 Å². The first kappa shape index (κ1) is 18.3. The highest BCUT2D eigenvalue weighted by Crippen LogP contribution is 2.27. The lowest BCUT2D eigenvalue weighted by atomic mass is 10.1. The van der Waals surface area contributed by atoms with Crippen LogP contribution in [0.15, 0.2) is 39.9 Å². The van der Waals surface area contributed by atoms with Gasteiger partial charge in [0.25, 0.3) is 0 Å². The summed E-state index contributed by atoms with van der Waals surface area (Å²) in [6.07, 6.45) is 2.24. The zero-order chi connectivity index (χ0) is 17.9. The highest BCUT2D eigenvalue weighted by atomic mass is 32.2. The number of benzene rings is 1. The van der Waals surface area contributed by atoms with Gasteiger partial charge in [-0.1, -0.05) is 0 Å². The average Bonchev–Trinajstić information content (AvgIpc) is 3.29. The Bertz CT molecular complexity index is 803. The van der Waals surface area contributed by atoms with E-state index in [1.165, 1.54) is 19.2 Å². The zero-order valence-electron chi connectivity index (χ0n) is 13.9. The molecule has 1 aromatic carbocycles. The van der Waals surface area contributed by atoms with Gasteiger partial charge < -0.3 is 4.74 Å². The predicted octanol–water partition coefficient (Wildman–Crippen LogP) is 3.01. The second kappa shape index (κ2) is 7.82. The Morgan fingerprint density at radius 1 is 1.32 bits per heavy atom. The molecule has 5 nitrogen and oxygen atoms in total. The van der Waals surface area contributed by atoms with Crippen molar-refractivity contribution in [3.8, 4) is 5.75 Å². The summed E-state index contributed by atoms with van der Waals surface area (Å²) < 4.78 is 46.4. The van der Waals surface area contributed by atoms with E-state index in [0.29, 0.717) is 0 Å². The first-order chi connectivity index (χ1) is 12.0. The third-order valence-corrected chi connectivity index (χ3v) is 6.53. The number of rotatable bonds is 7. The highest BCUT2D eigenvalue weighted by Gasteiger charge is 2.26. The normalized spacial score (nSPS) is 16.9. The highest BCUT2D eigenvalue weighted by molar-refractivity contribution is 7.89. The number of halogens is 1. The number of thiophene rings is 1. The topological polar surface area (TPSA) is 58.6 Å². The van der Waals surface area contributed by atoms with E-state index in [9.17, 15) is 12.8 Å². The number of nitrogens with one attached hydrogen (secondary N) is 1. The Morgan fingerprint density at radius 3 is 2.68 bits per heavy atom. The van der Waals surface area contributed by atoms with Crippen molar-refractivity contribution < 1.29 is 17.5 Å². The van der Waals surface area contributed by atoms with E-state index >= 15 is 0 Å². The monoisotopic (exact) mass is 384 g/mol. The summed E-state index contributed by atoms with van der Waals surface area (Å²) in [4.78, 5) is 2.19. The summed E-state index contributed by atoms with van der Waals surface area (Å²) in [6.45, 7) is 2.17. The summed E-state index contributed by atoms with van der Waals surface area (Å²) in [5, 5.41) is 4.04. The minimum Gasteiger partial charge on any atom is -0.494 e. The molecule has 25 heavy (non-hydrogen) atoms. The largest absolute Gasteiger partial charge is 0.494 e. The van der Waals surface area contributed by atoms with Crippen LogP contribution >= 0.6 is 11.3 Å². The van der Waals surface area contributed by atoms with Crippen LogP contribution in [0, 0.1) is 5.82 Å². The van der Waals surface area contributed by atoms with Crippen LogP contribution in [0.25, 0.3) is 0 Å². The molecule has 0 bridgehead atoms. The first-order valence-corrected chi connectivity index (χ1v) is 10.5. The molecule has 0 radical (unpaired) electrons. The Morgan fingerprint density at radius 2 is 2.08 bits per heavy atom. The molecule has 1 aliphatic heterocycles. The van der Waals surface area contributed by atoms with Crippen molar-refractivity contribution in [2.75, 3.05) is 26.7 Å². The lowest BCUT2D eigenvalue weighted by Gasteiger charge is -2.27. The number of nitrogens with zero attached hydrogens (tertiary/aromatic N) is 1. The van der Waals surface area contributed by atoms with E-state index in [4.69, 9.17) is 4.74 Å². The molecule has 2 aromatic rings. The van der Waals surface area contributed by atoms with Gasteiger partial charge in [0.15, 0.2) is 11.6 Å². The molecule has 136 valence electrons. The lowest BCUT2D eigenvalue weighted by Crippen LogP contribution is -2.36. The van der Waals surface area contributed by atoms with Crippen molar-refractivity contribution in [1.29, 1.82) is 0 Å². The summed E-state index contributed by atoms with van der Waals surface area (Å²) in [6, 6.07) is 5.66. The van der Waals surface area contributed by atoms with Crippen LogP contribution in [-0.4, -0.2) is 40.1 Å². The first-order valence-electron chi connectivity index (χ1n) is 8.10. The molecule has 8 heteroatoms. The molecule has 0 saturated carbocycles. The zero-order valence-corrected chi connectivity index (χ0v) is 15.6. The van der Waals surface area contributed by atoms with Crippen LogP contribution in [0.2, 0.25) is 0 Å². The number of methoxy groups -OCH3 is 1. The molecule has 1 N–H and O–H groups in total. The summed E-state index contributed by atoms with van der Waals surface area (Å²) in [5.41, 5.74) is 1.11. The molecular weight excluding hydrogens is 363 g/mol. The van der Waals surface area contributed by atoms with Crippen LogP contribution in [0.3, 0.4) is 0 Å². The molecule has 1 aromatic heterocycles. The molecule has 0 spiro atoms. The maximum atomic E-state index is 13.8. The number of ether oxygens (including phenoxy) is 1. The molecule has 2 heterocycles. The van der Waals surface area contributed by atoms with E-state index in [0.717, 1.165) is 37.6 Å². The van der Waals surface area contributed by atoms with Gasteiger partial charge >= 0.3 is 0 Å². The van der Waals surface area contributed by atoms with E-state index in [1.807, 2.05) is 16.8 Å². The van der Waals surface area contributed by atoms with Gasteiger partial charge in [-0.2, -0.15) is 11.3 Å². The maximum absolute atomic E-state index is 13.8. The minimum atomic E-state index is -3.79. The van der Waals surface area contributed by atoms with Crippen molar-refractivity contribution in [3.63, 3.8) is 0 Å². The Hall–Kier alpha value is -1.48. The van der Waals surface area contributed by atoms with Gasteiger partial charge in [-0.25, -0.2) is 17.5 Å². The fourth-order valence-electron chi connectivity index (χ4n) is 3.06. The van der Waals surface area contributed by atoms with Crippen molar-refractivity contribution in [3.05, 3.63) is 46.4 Å². The minimum absolute atomic E-state index is 0.00776. The SMILES string of the molecule is COc1ccc(S(=O)(=O)NC[C@H](c2ccsc2)N2CCCC2)cc1F. The quantitative estimate of drug-likeness (QED) is 0.797. The van der Waals surface area contributed by atoms with Gasteiger partial charge in [-0.05, 0) is 66.5 Å². The van der Waals surface area contributed by atoms with Crippen LogP contribution in [0.4, 0.5) is 4.39 Å². The van der Waals surface area contributed by atoms with Crippen molar-refractivity contribution in [2.45, 2.75) is 23.8 Å². The second-order valence-corrected chi connectivity index (χ2v) is 8.51. The van der Waals surface area contributed by atoms with Gasteiger partial charge in [0.05, 0.1) is 12.0 Å². The number of hydrogen-bond donors (Lipinski definition) is 1. The van der Waals surface area contributed by atoms with Gasteiger partial charge in [0.1, 0.15) is 0 Å². The molecule has 1 saturated heterocycles. The second-order valence-electron chi connectivity index (χ2n) is 5.96. The maximum Gasteiger partial charge on any atom is 0.240 e. The van der Waals surface area contributed by atoms with E-state index in [1.54, 1.807) is 11.3 Å². The molecule has 0 amide bonds. The van der Waals surface area contributed by atoms with Gasteiger partial charge in [-0.15, -0.1) is 0 Å². The smallest absolute Gasteiger partial charge is 0.240 e. The molecular formula is C17H21FN2O3S2. The van der Waals surface area contributed by atoms with E-state index in [-0.39, 0.29) is 23.2 Å². The van der Waals surface area contributed by atoms with Crippen molar-refractivity contribution >= 4 is 21.4 Å². The fraction of sp³-hybridized carbons (Fsp3) is 0.412. The fourth-order valence-corrected chi connectivity index (χ4v) is 4.82. The van der Waals surface area contributed by atoms with Gasteiger partial charge in [-0.3, -0.25) is 4.90 Å². The number of likely N-dealkylation sites (tertiary alicyclic amines) is 1. The molecule has 0 aliphatic carbocycles. The lowest BCUT2D eigenvalue weighted by molar-refractivity contribution is 0.247. The van der Waals surface area contributed by atoms with Crippen LogP contribution in [-0.2, 0) is 10.0 Å². The summed E-state index contributed by atoms with van der Waals surface area (Å²) >= 11 is 1.60. The van der Waals surface area contributed by atoms with E-state index < -0.39 is 15.8 Å². The van der Waals surface area contributed by atoms with Gasteiger partial charge in [0, 0.05) is 12.6 Å². The molecule has 1 atom stereocenters. The number of hydrogen-bond acceptors (Lipinski definition) is 5. The third kappa shape index (κ3) is 4.20. The Kier molecular flexibility index (Phi) is 5.73. The molecule has 0 unspecified atom stereocenters. The third-order valence-electron chi connectivity index (χ3n) is 4.41. The average molecular weight is 384 g/mol. The van der Waals surface area contributed by atoms with Crippen LogP contribution in [0.5, 0.6) is 5.75 Å². The summed E-state index contributed by atoms with van der Waals surface area (Å²) in [7, 11) is -2.45. The van der Waals surface area contributed by atoms with Crippen LogP contribution < -0.4 is 9.46 Å². The van der Waals surface area contributed by atoms with Gasteiger partial charge in [0.2, 0.25) is 10.0 Å². The van der Waals surface area contributed by atoms with E-state index in [2.05, 4.69) is 9.62 Å².